The molecule has 106 valence electrons. The fourth-order valence-electron chi connectivity index (χ4n) is 1.92. The molecule has 20 heavy (non-hydrogen) atoms. The van der Waals surface area contributed by atoms with Crippen molar-refractivity contribution in [2.24, 2.45) is 0 Å². The Morgan fingerprint density at radius 3 is 2.80 bits per heavy atom. The third-order valence-electron chi connectivity index (χ3n) is 3.02. The van der Waals surface area contributed by atoms with Crippen LogP contribution >= 0.6 is 0 Å². The van der Waals surface area contributed by atoms with Crippen LogP contribution in [0.1, 0.15) is 35.7 Å². The summed E-state index contributed by atoms with van der Waals surface area (Å²) in [6.45, 7) is 5.33. The fraction of sp³-hybridized carbons (Fsp3) is 0.357. The molecular formula is C14H17FN4O. The standard InChI is InChI=1S/C14H17FN4O/c1-8-6-11(4-5-12(8)15)9(2)16-14(20)7-13-17-10(3)18-19-13/h4-6,9H,7H2,1-3H3,(H,16,20)(H,17,18,19)/t9-/m1/s1. The maximum atomic E-state index is 13.2. The van der Waals surface area contributed by atoms with Gasteiger partial charge in [0, 0.05) is 0 Å². The number of carbonyl (C=O) groups excluding carboxylic acids is 1. The van der Waals surface area contributed by atoms with E-state index in [1.165, 1.54) is 6.07 Å². The van der Waals surface area contributed by atoms with Gasteiger partial charge in [-0.1, -0.05) is 12.1 Å². The molecule has 0 unspecified atom stereocenters. The van der Waals surface area contributed by atoms with E-state index in [0.29, 0.717) is 17.2 Å². The molecule has 0 aliphatic carbocycles. The molecule has 0 bridgehead atoms. The SMILES string of the molecule is Cc1nc(CC(=O)N[C@H](C)c2ccc(F)c(C)c2)n[nH]1. The van der Waals surface area contributed by atoms with Crippen molar-refractivity contribution in [3.05, 3.63) is 46.8 Å². The van der Waals surface area contributed by atoms with Gasteiger partial charge in [0.2, 0.25) is 5.91 Å². The summed E-state index contributed by atoms with van der Waals surface area (Å²) in [5, 5.41) is 9.45. The van der Waals surface area contributed by atoms with Crippen LogP contribution in [0.5, 0.6) is 0 Å². The Balaban J connectivity index is 1.98. The number of halogens is 1. The molecule has 0 spiro atoms. The summed E-state index contributed by atoms with van der Waals surface area (Å²) in [5.41, 5.74) is 1.43. The van der Waals surface area contributed by atoms with Gasteiger partial charge in [0.05, 0.1) is 12.5 Å². The molecule has 0 fully saturated rings. The van der Waals surface area contributed by atoms with E-state index in [1.807, 2.05) is 6.92 Å². The van der Waals surface area contributed by atoms with Gasteiger partial charge in [0.25, 0.3) is 0 Å². The Morgan fingerprint density at radius 2 is 2.20 bits per heavy atom. The molecule has 2 aromatic rings. The van der Waals surface area contributed by atoms with Gasteiger partial charge in [0.1, 0.15) is 11.6 Å². The van der Waals surface area contributed by atoms with E-state index in [4.69, 9.17) is 0 Å². The van der Waals surface area contributed by atoms with E-state index in [0.717, 1.165) is 5.56 Å². The lowest BCUT2D eigenvalue weighted by molar-refractivity contribution is -0.121. The quantitative estimate of drug-likeness (QED) is 0.897. The number of aromatic nitrogens is 3. The number of H-pyrrole nitrogens is 1. The fourth-order valence-corrected chi connectivity index (χ4v) is 1.92. The number of aromatic amines is 1. The van der Waals surface area contributed by atoms with Gasteiger partial charge >= 0.3 is 0 Å². The molecule has 6 heteroatoms. The van der Waals surface area contributed by atoms with Crippen LogP contribution in [0.25, 0.3) is 0 Å². The molecule has 0 saturated carbocycles. The van der Waals surface area contributed by atoms with Crippen molar-refractivity contribution < 1.29 is 9.18 Å². The molecule has 2 rings (SSSR count). The zero-order valence-electron chi connectivity index (χ0n) is 11.7. The van der Waals surface area contributed by atoms with Crippen LogP contribution in [-0.2, 0) is 11.2 Å². The highest BCUT2D eigenvalue weighted by atomic mass is 19.1. The van der Waals surface area contributed by atoms with E-state index in [1.54, 1.807) is 26.0 Å². The average Bonchev–Trinajstić information content (AvgIpc) is 2.77. The van der Waals surface area contributed by atoms with Crippen LogP contribution in [0.15, 0.2) is 18.2 Å². The lowest BCUT2D eigenvalue weighted by Gasteiger charge is -2.14. The van der Waals surface area contributed by atoms with E-state index < -0.39 is 0 Å². The van der Waals surface area contributed by atoms with Crippen molar-refractivity contribution in [2.75, 3.05) is 0 Å². The predicted octanol–water partition coefficient (Wildman–Crippen LogP) is 1.98. The van der Waals surface area contributed by atoms with Crippen molar-refractivity contribution in [1.82, 2.24) is 20.5 Å². The molecule has 1 aromatic carbocycles. The molecule has 1 aromatic heterocycles. The topological polar surface area (TPSA) is 70.7 Å². The number of rotatable bonds is 4. The highest BCUT2D eigenvalue weighted by Gasteiger charge is 2.13. The van der Waals surface area contributed by atoms with Gasteiger partial charge in [-0.05, 0) is 38.0 Å². The molecule has 5 nitrogen and oxygen atoms in total. The van der Waals surface area contributed by atoms with Gasteiger partial charge in [-0.25, -0.2) is 9.37 Å². The number of aryl methyl sites for hydroxylation is 2. The summed E-state index contributed by atoms with van der Waals surface area (Å²) in [6, 6.07) is 4.62. The first kappa shape index (κ1) is 14.2. The van der Waals surface area contributed by atoms with Crippen LogP contribution < -0.4 is 5.32 Å². The van der Waals surface area contributed by atoms with Gasteiger partial charge in [-0.15, -0.1) is 0 Å². The largest absolute Gasteiger partial charge is 0.349 e. The average molecular weight is 276 g/mol. The molecule has 0 aliphatic heterocycles. The first-order valence-corrected chi connectivity index (χ1v) is 6.39. The highest BCUT2D eigenvalue weighted by Crippen LogP contribution is 2.16. The lowest BCUT2D eigenvalue weighted by atomic mass is 10.1. The molecule has 0 saturated heterocycles. The molecule has 2 N–H and O–H groups in total. The maximum absolute atomic E-state index is 13.2. The van der Waals surface area contributed by atoms with Crippen LogP contribution in [-0.4, -0.2) is 21.1 Å². The zero-order valence-corrected chi connectivity index (χ0v) is 11.7. The second-order valence-corrected chi connectivity index (χ2v) is 4.81. The van der Waals surface area contributed by atoms with Gasteiger partial charge < -0.3 is 5.32 Å². The molecule has 0 aliphatic rings. The molecule has 0 radical (unpaired) electrons. The van der Waals surface area contributed by atoms with Crippen molar-refractivity contribution in [2.45, 2.75) is 33.2 Å². The number of nitrogens with zero attached hydrogens (tertiary/aromatic N) is 2. The Labute approximate surface area is 116 Å². The van der Waals surface area contributed by atoms with E-state index >= 15 is 0 Å². The molecule has 1 heterocycles. The summed E-state index contributed by atoms with van der Waals surface area (Å²) in [5.74, 6) is 0.722. The number of carbonyl (C=O) groups is 1. The normalized spacial score (nSPS) is 12.2. The number of amides is 1. The lowest BCUT2D eigenvalue weighted by Crippen LogP contribution is -2.28. The second kappa shape index (κ2) is 5.81. The summed E-state index contributed by atoms with van der Waals surface area (Å²) in [6.07, 6.45) is 0.120. The van der Waals surface area contributed by atoms with Gasteiger partial charge in [-0.2, -0.15) is 5.10 Å². The summed E-state index contributed by atoms with van der Waals surface area (Å²) < 4.78 is 13.2. The third-order valence-corrected chi connectivity index (χ3v) is 3.02. The second-order valence-electron chi connectivity index (χ2n) is 4.81. The number of hydrogen-bond acceptors (Lipinski definition) is 3. The zero-order chi connectivity index (χ0) is 14.7. The molecule has 1 atom stereocenters. The first-order valence-electron chi connectivity index (χ1n) is 6.39. The van der Waals surface area contributed by atoms with E-state index in [9.17, 15) is 9.18 Å². The monoisotopic (exact) mass is 276 g/mol. The number of nitrogens with one attached hydrogen (secondary N) is 2. The van der Waals surface area contributed by atoms with Crippen molar-refractivity contribution >= 4 is 5.91 Å². The van der Waals surface area contributed by atoms with Gasteiger partial charge in [0.15, 0.2) is 5.82 Å². The summed E-state index contributed by atoms with van der Waals surface area (Å²) >= 11 is 0. The van der Waals surface area contributed by atoms with E-state index in [-0.39, 0.29) is 24.2 Å². The summed E-state index contributed by atoms with van der Waals surface area (Å²) in [7, 11) is 0. The first-order chi connectivity index (χ1) is 9.45. The van der Waals surface area contributed by atoms with Crippen LogP contribution in [0.2, 0.25) is 0 Å². The van der Waals surface area contributed by atoms with Crippen molar-refractivity contribution in [3.63, 3.8) is 0 Å². The van der Waals surface area contributed by atoms with Crippen molar-refractivity contribution in [1.29, 1.82) is 0 Å². The minimum absolute atomic E-state index is 0.120. The smallest absolute Gasteiger partial charge is 0.228 e. The molecule has 1 amide bonds. The van der Waals surface area contributed by atoms with Crippen molar-refractivity contribution in [3.8, 4) is 0 Å². The predicted molar refractivity (Wildman–Crippen MR) is 72.5 cm³/mol. The maximum Gasteiger partial charge on any atom is 0.228 e. The van der Waals surface area contributed by atoms with Crippen LogP contribution in [0, 0.1) is 19.7 Å². The van der Waals surface area contributed by atoms with E-state index in [2.05, 4.69) is 20.5 Å². The van der Waals surface area contributed by atoms with Gasteiger partial charge in [-0.3, -0.25) is 9.89 Å². The van der Waals surface area contributed by atoms with Crippen LogP contribution in [0.4, 0.5) is 4.39 Å². The Hall–Kier alpha value is -2.24. The Morgan fingerprint density at radius 1 is 1.45 bits per heavy atom. The number of benzene rings is 1. The number of hydrogen-bond donors (Lipinski definition) is 2. The van der Waals surface area contributed by atoms with Crippen LogP contribution in [0.3, 0.4) is 0 Å². The Kier molecular flexibility index (Phi) is 4.12. The third kappa shape index (κ3) is 3.40. The minimum Gasteiger partial charge on any atom is -0.349 e. The Bertz CT molecular complexity index is 623. The molecular weight excluding hydrogens is 259 g/mol. The summed E-state index contributed by atoms with van der Waals surface area (Å²) in [4.78, 5) is 16.0. The minimum atomic E-state index is -0.247. The highest BCUT2D eigenvalue weighted by molar-refractivity contribution is 5.78.